The predicted octanol–water partition coefficient (Wildman–Crippen LogP) is 3.88. The third-order valence-electron chi connectivity index (χ3n) is 4.98. The van der Waals surface area contributed by atoms with Crippen LogP contribution in [-0.4, -0.2) is 36.4 Å². The van der Waals surface area contributed by atoms with Gasteiger partial charge in [0, 0.05) is 13.1 Å². The predicted molar refractivity (Wildman–Crippen MR) is 116 cm³/mol. The standard InChI is InChI=1S/C24H32N2O3/c1-5-6-15-25-24(28)19(3)26(17-21-11-13-22(29-4)14-12-21)23(27)16-20-9-7-18(2)8-10-20/h7-14,19H,5-6,15-17H2,1-4H3,(H,25,28)/t19-/m0/s1. The van der Waals surface area contributed by atoms with Gasteiger partial charge in [0.2, 0.25) is 11.8 Å². The highest BCUT2D eigenvalue weighted by Gasteiger charge is 2.26. The molecule has 0 aliphatic rings. The van der Waals surface area contributed by atoms with Crippen molar-refractivity contribution in [3.63, 3.8) is 0 Å². The first-order valence-electron chi connectivity index (χ1n) is 10.2. The van der Waals surface area contributed by atoms with Crippen LogP contribution in [0.3, 0.4) is 0 Å². The monoisotopic (exact) mass is 396 g/mol. The fourth-order valence-corrected chi connectivity index (χ4v) is 3.03. The number of amides is 2. The van der Waals surface area contributed by atoms with E-state index in [1.54, 1.807) is 18.9 Å². The van der Waals surface area contributed by atoms with Crippen LogP contribution in [0.1, 0.15) is 43.4 Å². The second-order valence-corrected chi connectivity index (χ2v) is 7.35. The first-order valence-corrected chi connectivity index (χ1v) is 10.2. The molecule has 0 unspecified atom stereocenters. The number of benzene rings is 2. The van der Waals surface area contributed by atoms with Gasteiger partial charge in [0.25, 0.3) is 0 Å². The van der Waals surface area contributed by atoms with E-state index in [0.717, 1.165) is 35.3 Å². The van der Waals surface area contributed by atoms with Gasteiger partial charge < -0.3 is 15.0 Å². The Hall–Kier alpha value is -2.82. The van der Waals surface area contributed by atoms with Crippen molar-refractivity contribution in [2.75, 3.05) is 13.7 Å². The lowest BCUT2D eigenvalue weighted by Crippen LogP contribution is -2.48. The van der Waals surface area contributed by atoms with Crippen LogP contribution in [0.15, 0.2) is 48.5 Å². The number of hydrogen-bond donors (Lipinski definition) is 1. The summed E-state index contributed by atoms with van der Waals surface area (Å²) in [5.74, 6) is 0.573. The number of carbonyl (C=O) groups excluding carboxylic acids is 2. The van der Waals surface area contributed by atoms with Crippen LogP contribution in [0.2, 0.25) is 0 Å². The van der Waals surface area contributed by atoms with Gasteiger partial charge in [-0.25, -0.2) is 0 Å². The fourth-order valence-electron chi connectivity index (χ4n) is 3.03. The lowest BCUT2D eigenvalue weighted by molar-refractivity contribution is -0.140. The highest BCUT2D eigenvalue weighted by molar-refractivity contribution is 5.88. The maximum absolute atomic E-state index is 13.1. The molecular formula is C24H32N2O3. The van der Waals surface area contributed by atoms with E-state index < -0.39 is 6.04 Å². The molecule has 0 aliphatic carbocycles. The molecule has 0 saturated carbocycles. The van der Waals surface area contributed by atoms with E-state index in [-0.39, 0.29) is 18.2 Å². The second kappa shape index (κ2) is 11.2. The SMILES string of the molecule is CCCCNC(=O)[C@H](C)N(Cc1ccc(OC)cc1)C(=O)Cc1ccc(C)cc1. The Morgan fingerprint density at radius 1 is 1.03 bits per heavy atom. The van der Waals surface area contributed by atoms with Crippen molar-refractivity contribution in [2.45, 2.75) is 52.6 Å². The average molecular weight is 397 g/mol. The van der Waals surface area contributed by atoms with Gasteiger partial charge in [-0.1, -0.05) is 55.3 Å². The zero-order valence-electron chi connectivity index (χ0n) is 17.9. The van der Waals surface area contributed by atoms with Gasteiger partial charge in [-0.2, -0.15) is 0 Å². The second-order valence-electron chi connectivity index (χ2n) is 7.35. The normalized spacial score (nSPS) is 11.6. The molecule has 0 aromatic heterocycles. The Kier molecular flexibility index (Phi) is 8.71. The van der Waals surface area contributed by atoms with Gasteiger partial charge >= 0.3 is 0 Å². The maximum atomic E-state index is 13.1. The van der Waals surface area contributed by atoms with Crippen LogP contribution >= 0.6 is 0 Å². The Morgan fingerprint density at radius 3 is 2.24 bits per heavy atom. The fraction of sp³-hybridized carbons (Fsp3) is 0.417. The molecule has 0 heterocycles. The van der Waals surface area contributed by atoms with E-state index in [4.69, 9.17) is 4.74 Å². The minimum Gasteiger partial charge on any atom is -0.497 e. The first-order chi connectivity index (χ1) is 13.9. The van der Waals surface area contributed by atoms with Gasteiger partial charge in [-0.05, 0) is 43.5 Å². The van der Waals surface area contributed by atoms with Gasteiger partial charge in [0.1, 0.15) is 11.8 Å². The van der Waals surface area contributed by atoms with Crippen molar-refractivity contribution in [2.24, 2.45) is 0 Å². The summed E-state index contributed by atoms with van der Waals surface area (Å²) in [4.78, 5) is 27.4. The van der Waals surface area contributed by atoms with Crippen molar-refractivity contribution >= 4 is 11.8 Å². The van der Waals surface area contributed by atoms with E-state index in [2.05, 4.69) is 12.2 Å². The summed E-state index contributed by atoms with van der Waals surface area (Å²) in [5, 5.41) is 2.94. The molecule has 0 aliphatic heterocycles. The third kappa shape index (κ3) is 6.93. The van der Waals surface area contributed by atoms with Crippen LogP contribution in [0.5, 0.6) is 5.75 Å². The van der Waals surface area contributed by atoms with Crippen LogP contribution in [0, 0.1) is 6.92 Å². The smallest absolute Gasteiger partial charge is 0.242 e. The summed E-state index contributed by atoms with van der Waals surface area (Å²) in [6.07, 6.45) is 2.20. The number of hydrogen-bond acceptors (Lipinski definition) is 3. The minimum atomic E-state index is -0.549. The molecule has 2 rings (SSSR count). The van der Waals surface area contributed by atoms with E-state index in [1.165, 1.54) is 0 Å². The topological polar surface area (TPSA) is 58.6 Å². The Labute approximate surface area is 174 Å². The summed E-state index contributed by atoms with van der Waals surface area (Å²) >= 11 is 0. The summed E-state index contributed by atoms with van der Waals surface area (Å²) in [6, 6.07) is 14.9. The average Bonchev–Trinajstić information content (AvgIpc) is 2.73. The summed E-state index contributed by atoms with van der Waals surface area (Å²) < 4.78 is 5.21. The number of ether oxygens (including phenoxy) is 1. The molecule has 0 bridgehead atoms. The number of rotatable bonds is 10. The molecule has 1 N–H and O–H groups in total. The largest absolute Gasteiger partial charge is 0.497 e. The number of nitrogens with zero attached hydrogens (tertiary/aromatic N) is 1. The molecule has 0 spiro atoms. The molecule has 156 valence electrons. The molecule has 0 radical (unpaired) electrons. The summed E-state index contributed by atoms with van der Waals surface area (Å²) in [7, 11) is 1.62. The number of carbonyl (C=O) groups is 2. The van der Waals surface area contributed by atoms with Gasteiger partial charge in [-0.15, -0.1) is 0 Å². The van der Waals surface area contributed by atoms with Crippen LogP contribution < -0.4 is 10.1 Å². The molecule has 5 nitrogen and oxygen atoms in total. The van der Waals surface area contributed by atoms with Crippen molar-refractivity contribution in [3.05, 3.63) is 65.2 Å². The molecule has 2 aromatic carbocycles. The molecule has 5 heteroatoms. The zero-order valence-corrected chi connectivity index (χ0v) is 17.9. The third-order valence-corrected chi connectivity index (χ3v) is 4.98. The lowest BCUT2D eigenvalue weighted by Gasteiger charge is -2.29. The maximum Gasteiger partial charge on any atom is 0.242 e. The molecule has 2 aromatic rings. The number of methoxy groups -OCH3 is 1. The van der Waals surface area contributed by atoms with Crippen LogP contribution in [0.4, 0.5) is 0 Å². The zero-order chi connectivity index (χ0) is 21.2. The lowest BCUT2D eigenvalue weighted by atomic mass is 10.1. The van der Waals surface area contributed by atoms with E-state index in [1.807, 2.05) is 55.5 Å². The number of unbranched alkanes of at least 4 members (excludes halogenated alkanes) is 1. The summed E-state index contributed by atoms with van der Waals surface area (Å²) in [6.45, 7) is 6.89. The Bertz CT molecular complexity index is 785. The molecule has 0 fully saturated rings. The molecule has 0 saturated heterocycles. The molecule has 2 amide bonds. The Morgan fingerprint density at radius 2 is 1.66 bits per heavy atom. The Balaban J connectivity index is 2.16. The molecule has 29 heavy (non-hydrogen) atoms. The van der Waals surface area contributed by atoms with Crippen molar-refractivity contribution < 1.29 is 14.3 Å². The number of nitrogens with one attached hydrogen (secondary N) is 1. The van der Waals surface area contributed by atoms with E-state index >= 15 is 0 Å². The van der Waals surface area contributed by atoms with Crippen molar-refractivity contribution in [3.8, 4) is 5.75 Å². The minimum absolute atomic E-state index is 0.0668. The van der Waals surface area contributed by atoms with Crippen molar-refractivity contribution in [1.29, 1.82) is 0 Å². The molecule has 1 atom stereocenters. The van der Waals surface area contributed by atoms with Crippen LogP contribution in [0.25, 0.3) is 0 Å². The van der Waals surface area contributed by atoms with Gasteiger partial charge in [0.05, 0.1) is 13.5 Å². The first kappa shape index (κ1) is 22.5. The number of aryl methyl sites for hydroxylation is 1. The highest BCUT2D eigenvalue weighted by Crippen LogP contribution is 2.16. The van der Waals surface area contributed by atoms with E-state index in [0.29, 0.717) is 13.1 Å². The quantitative estimate of drug-likeness (QED) is 0.620. The molecular weight excluding hydrogens is 364 g/mol. The van der Waals surface area contributed by atoms with Gasteiger partial charge in [0.15, 0.2) is 0 Å². The highest BCUT2D eigenvalue weighted by atomic mass is 16.5. The van der Waals surface area contributed by atoms with Crippen LogP contribution in [-0.2, 0) is 22.6 Å². The van der Waals surface area contributed by atoms with Gasteiger partial charge in [-0.3, -0.25) is 9.59 Å². The van der Waals surface area contributed by atoms with Crippen molar-refractivity contribution in [1.82, 2.24) is 10.2 Å². The van der Waals surface area contributed by atoms with E-state index in [9.17, 15) is 9.59 Å². The summed E-state index contributed by atoms with van der Waals surface area (Å²) in [5.41, 5.74) is 3.05.